The Morgan fingerprint density at radius 1 is 0.688 bits per heavy atom. The minimum atomic E-state index is -0.470. The number of anilines is 3. The van der Waals surface area contributed by atoms with Gasteiger partial charge in [-0.3, -0.25) is 4.90 Å². The van der Waals surface area contributed by atoms with E-state index in [1.807, 2.05) is 78.9 Å². The van der Waals surface area contributed by atoms with Gasteiger partial charge >= 0.3 is 12.1 Å². The van der Waals surface area contributed by atoms with E-state index in [1.165, 1.54) is 11.9 Å². The van der Waals surface area contributed by atoms with Gasteiger partial charge in [0.1, 0.15) is 0 Å². The molecule has 3 rings (SSSR count). The van der Waals surface area contributed by atoms with Gasteiger partial charge in [0.15, 0.2) is 0 Å². The summed E-state index contributed by atoms with van der Waals surface area (Å²) >= 11 is 0. The molecule has 5 nitrogen and oxygen atoms in total. The predicted molar refractivity (Wildman–Crippen MR) is 132 cm³/mol. The van der Waals surface area contributed by atoms with Crippen LogP contribution in [0.3, 0.4) is 0 Å². The molecule has 0 aliphatic rings. The van der Waals surface area contributed by atoms with Gasteiger partial charge in [0, 0.05) is 12.7 Å². The highest BCUT2D eigenvalue weighted by Crippen LogP contribution is 2.33. The van der Waals surface area contributed by atoms with Crippen LogP contribution in [0.5, 0.6) is 0 Å². The average Bonchev–Trinajstić information content (AvgIpc) is 2.79. The summed E-state index contributed by atoms with van der Waals surface area (Å²) in [6, 6.07) is 23.8. The maximum absolute atomic E-state index is 13.5. The number of nitrogens with one attached hydrogen (secondary N) is 1. The summed E-state index contributed by atoms with van der Waals surface area (Å²) in [4.78, 5) is 29.4. The second-order valence-electron chi connectivity index (χ2n) is 8.40. The van der Waals surface area contributed by atoms with Gasteiger partial charge in [0.05, 0.1) is 11.4 Å². The molecular weight excluding hydrogens is 398 g/mol. The molecule has 0 atom stereocenters. The number of nitrogens with zero attached hydrogens (tertiary/aromatic N) is 2. The van der Waals surface area contributed by atoms with E-state index >= 15 is 0 Å². The molecule has 5 heteroatoms. The molecule has 3 aromatic carbocycles. The number of hydrogen-bond donors (Lipinski definition) is 1. The average molecular weight is 430 g/mol. The molecule has 0 radical (unpaired) electrons. The number of urea groups is 2. The second kappa shape index (κ2) is 10.1. The lowest BCUT2D eigenvalue weighted by atomic mass is 9.93. The van der Waals surface area contributed by atoms with E-state index in [1.54, 1.807) is 0 Å². The smallest absolute Gasteiger partial charge is 0.307 e. The van der Waals surface area contributed by atoms with Crippen molar-refractivity contribution in [1.82, 2.24) is 4.90 Å². The Hall–Kier alpha value is -3.60. The van der Waals surface area contributed by atoms with Crippen molar-refractivity contribution in [2.24, 2.45) is 0 Å². The summed E-state index contributed by atoms with van der Waals surface area (Å²) in [5.41, 5.74) is 4.26. The van der Waals surface area contributed by atoms with Crippen molar-refractivity contribution in [2.75, 3.05) is 17.3 Å². The highest BCUT2D eigenvalue weighted by atomic mass is 16.2. The molecule has 0 aromatic heterocycles. The zero-order valence-corrected chi connectivity index (χ0v) is 19.4. The number of hydrogen-bond acceptors (Lipinski definition) is 2. The Morgan fingerprint density at radius 2 is 1.12 bits per heavy atom. The maximum Gasteiger partial charge on any atom is 0.336 e. The van der Waals surface area contributed by atoms with Gasteiger partial charge in [-0.25, -0.2) is 14.5 Å². The number of rotatable bonds is 5. The highest BCUT2D eigenvalue weighted by molar-refractivity contribution is 6.09. The van der Waals surface area contributed by atoms with Crippen molar-refractivity contribution in [3.8, 4) is 0 Å². The fraction of sp³-hybridized carbons (Fsp3) is 0.259. The first-order chi connectivity index (χ1) is 15.3. The third kappa shape index (κ3) is 4.99. The largest absolute Gasteiger partial charge is 0.336 e. The van der Waals surface area contributed by atoms with Crippen LogP contribution < -0.4 is 10.2 Å². The maximum atomic E-state index is 13.5. The van der Waals surface area contributed by atoms with E-state index in [9.17, 15) is 9.59 Å². The Balaban J connectivity index is 1.94. The Labute approximate surface area is 190 Å². The van der Waals surface area contributed by atoms with Crippen molar-refractivity contribution in [3.05, 3.63) is 90.0 Å². The summed E-state index contributed by atoms with van der Waals surface area (Å²) in [5, 5.41) is 3.02. The zero-order valence-electron chi connectivity index (χ0n) is 19.4. The SMILES string of the molecule is CC(C)c1cccc(C(C)C)c1NC(=O)N(C)C(=O)N(c1ccccc1)c1ccccc1. The van der Waals surface area contributed by atoms with E-state index in [0.717, 1.165) is 21.7 Å². The van der Waals surface area contributed by atoms with E-state index in [2.05, 4.69) is 33.0 Å². The summed E-state index contributed by atoms with van der Waals surface area (Å²) in [6.07, 6.45) is 0. The van der Waals surface area contributed by atoms with Crippen LogP contribution in [0.1, 0.15) is 50.7 Å². The van der Waals surface area contributed by atoms with Crippen molar-refractivity contribution >= 4 is 29.1 Å². The van der Waals surface area contributed by atoms with E-state index in [4.69, 9.17) is 0 Å². The molecule has 32 heavy (non-hydrogen) atoms. The molecule has 4 amide bonds. The lowest BCUT2D eigenvalue weighted by Crippen LogP contribution is -2.44. The number of para-hydroxylation sites is 3. The van der Waals surface area contributed by atoms with Crippen LogP contribution in [0.15, 0.2) is 78.9 Å². The molecule has 3 aromatic rings. The molecule has 166 valence electrons. The number of carbonyl (C=O) groups is 2. The predicted octanol–water partition coefficient (Wildman–Crippen LogP) is 7.36. The molecule has 0 aliphatic carbocycles. The first-order valence-corrected chi connectivity index (χ1v) is 10.9. The summed E-state index contributed by atoms with van der Waals surface area (Å²) in [6.45, 7) is 8.38. The minimum Gasteiger partial charge on any atom is -0.307 e. The minimum absolute atomic E-state index is 0.232. The van der Waals surface area contributed by atoms with Crippen LogP contribution >= 0.6 is 0 Å². The molecule has 0 heterocycles. The number of benzene rings is 3. The fourth-order valence-corrected chi connectivity index (χ4v) is 3.65. The normalized spacial score (nSPS) is 10.8. The molecule has 0 saturated carbocycles. The third-order valence-electron chi connectivity index (χ3n) is 5.42. The van der Waals surface area contributed by atoms with Gasteiger partial charge in [0.2, 0.25) is 0 Å². The van der Waals surface area contributed by atoms with Gasteiger partial charge in [0.25, 0.3) is 0 Å². The first-order valence-electron chi connectivity index (χ1n) is 10.9. The molecule has 0 fully saturated rings. The lowest BCUT2D eigenvalue weighted by molar-refractivity contribution is 0.208. The van der Waals surface area contributed by atoms with Crippen molar-refractivity contribution in [1.29, 1.82) is 0 Å². The Morgan fingerprint density at radius 3 is 1.53 bits per heavy atom. The summed E-state index contributed by atoms with van der Waals surface area (Å²) in [5.74, 6) is 0.463. The monoisotopic (exact) mass is 429 g/mol. The van der Waals surface area contributed by atoms with Crippen molar-refractivity contribution in [2.45, 2.75) is 39.5 Å². The summed E-state index contributed by atoms with van der Waals surface area (Å²) in [7, 11) is 1.50. The van der Waals surface area contributed by atoms with Gasteiger partial charge in [-0.15, -0.1) is 0 Å². The molecule has 0 spiro atoms. The fourth-order valence-electron chi connectivity index (χ4n) is 3.65. The van der Waals surface area contributed by atoms with Gasteiger partial charge in [-0.05, 0) is 47.2 Å². The topological polar surface area (TPSA) is 52.7 Å². The van der Waals surface area contributed by atoms with Gasteiger partial charge < -0.3 is 5.32 Å². The molecule has 0 unspecified atom stereocenters. The van der Waals surface area contributed by atoms with E-state index < -0.39 is 12.1 Å². The summed E-state index contributed by atoms with van der Waals surface area (Å²) < 4.78 is 0. The molecular formula is C27H31N3O2. The van der Waals surface area contributed by atoms with Crippen LogP contribution in [0.25, 0.3) is 0 Å². The first kappa shape index (κ1) is 23.1. The highest BCUT2D eigenvalue weighted by Gasteiger charge is 2.27. The lowest BCUT2D eigenvalue weighted by Gasteiger charge is -2.28. The van der Waals surface area contributed by atoms with Crippen LogP contribution in [0, 0.1) is 0 Å². The number of imide groups is 1. The quantitative estimate of drug-likeness (QED) is 0.461. The van der Waals surface area contributed by atoms with Crippen LogP contribution in [0.2, 0.25) is 0 Å². The second-order valence-corrected chi connectivity index (χ2v) is 8.40. The molecule has 1 N–H and O–H groups in total. The Bertz CT molecular complexity index is 997. The number of amides is 4. The molecule has 0 bridgehead atoms. The van der Waals surface area contributed by atoms with E-state index in [-0.39, 0.29) is 11.8 Å². The van der Waals surface area contributed by atoms with Crippen molar-refractivity contribution in [3.63, 3.8) is 0 Å². The third-order valence-corrected chi connectivity index (χ3v) is 5.42. The molecule has 0 saturated heterocycles. The zero-order chi connectivity index (χ0) is 23.3. The van der Waals surface area contributed by atoms with Crippen LogP contribution in [-0.4, -0.2) is 24.0 Å². The van der Waals surface area contributed by atoms with Crippen molar-refractivity contribution < 1.29 is 9.59 Å². The number of carbonyl (C=O) groups excluding carboxylic acids is 2. The van der Waals surface area contributed by atoms with Crippen LogP contribution in [0.4, 0.5) is 26.7 Å². The molecule has 0 aliphatic heterocycles. The van der Waals surface area contributed by atoms with Gasteiger partial charge in [-0.2, -0.15) is 0 Å². The Kier molecular flexibility index (Phi) is 7.31. The van der Waals surface area contributed by atoms with Gasteiger partial charge in [-0.1, -0.05) is 82.3 Å². The van der Waals surface area contributed by atoms with Crippen LogP contribution in [-0.2, 0) is 0 Å². The van der Waals surface area contributed by atoms with E-state index in [0.29, 0.717) is 11.4 Å². The standard InChI is InChI=1S/C27H31N3O2/c1-19(2)23-17-12-18-24(20(3)4)25(23)28-26(31)29(5)27(32)30(21-13-8-6-9-14-21)22-15-10-7-11-16-22/h6-20H,1-5H3,(H,28,31).